The highest BCUT2D eigenvalue weighted by molar-refractivity contribution is 6.04. The number of aliphatic carboxylic acids is 1. The number of nitrogens with zero attached hydrogens (tertiary/aromatic N) is 2. The number of carboxylic acids is 1. The summed E-state index contributed by atoms with van der Waals surface area (Å²) in [7, 11) is 0. The summed E-state index contributed by atoms with van der Waals surface area (Å²) in [5.74, 6) is -13.8. The maximum Gasteiger partial charge on any atom is 0.305 e. The number of aromatic amines is 1. The number of carbonyl (C=O) groups is 14. The third-order valence-corrected chi connectivity index (χ3v) is 18.5. The predicted molar refractivity (Wildman–Crippen MR) is 351 cm³/mol. The maximum absolute atomic E-state index is 15.6. The lowest BCUT2D eigenvalue weighted by atomic mass is 9.73. The highest BCUT2D eigenvalue weighted by Crippen LogP contribution is 2.46. The number of fused-ring (bicyclic) bond motifs is 1. The lowest BCUT2D eigenvalue weighted by Gasteiger charge is -2.42. The van der Waals surface area contributed by atoms with Gasteiger partial charge in [0.25, 0.3) is 0 Å². The van der Waals surface area contributed by atoms with E-state index in [-0.39, 0.29) is 95.5 Å². The summed E-state index contributed by atoms with van der Waals surface area (Å²) in [6, 6.07) is 7.62. The summed E-state index contributed by atoms with van der Waals surface area (Å²) in [5, 5.41) is 44.4. The number of nitrogens with two attached hydrogens (primary N) is 3. The van der Waals surface area contributed by atoms with E-state index in [0.29, 0.717) is 29.5 Å². The van der Waals surface area contributed by atoms with Crippen molar-refractivity contribution in [2.75, 3.05) is 19.6 Å². The molecule has 0 radical (unpaired) electrons. The van der Waals surface area contributed by atoms with Crippen molar-refractivity contribution < 1.29 is 77.3 Å². The number of carbonyl (C=O) groups excluding carboxylic acids is 13. The average Bonchev–Trinajstić information content (AvgIpc) is 1.56. The van der Waals surface area contributed by atoms with Crippen molar-refractivity contribution >= 4 is 93.7 Å². The Morgan fingerprint density at radius 3 is 1.92 bits per heavy atom. The predicted octanol–water partition coefficient (Wildman–Crippen LogP) is -2.32. The molecule has 3 unspecified atom stereocenters. The molecule has 13 amide bonds. The van der Waals surface area contributed by atoms with Crippen molar-refractivity contribution in [1.82, 2.24) is 62.6 Å². The molecule has 8 rings (SSSR count). The highest BCUT2D eigenvalue weighted by Gasteiger charge is 2.64. The molecule has 0 aliphatic carbocycles. The molecule has 4 saturated heterocycles. The van der Waals surface area contributed by atoms with E-state index in [1.807, 2.05) is 24.3 Å². The number of aromatic nitrogens is 1. The van der Waals surface area contributed by atoms with Crippen LogP contribution in [-0.4, -0.2) is 193 Å². The minimum atomic E-state index is -1.79. The molecule has 31 nitrogen and oxygen atoms in total. The molecule has 4 fully saturated rings. The minimum Gasteiger partial charge on any atom is -0.508 e. The first-order valence-electron chi connectivity index (χ1n) is 32.9. The van der Waals surface area contributed by atoms with Crippen LogP contribution in [0, 0.1) is 11.8 Å². The van der Waals surface area contributed by atoms with Gasteiger partial charge in [-0.3, -0.25) is 67.1 Å². The van der Waals surface area contributed by atoms with Crippen LogP contribution < -0.4 is 65.1 Å². The molecule has 5 heterocycles. The van der Waals surface area contributed by atoms with Gasteiger partial charge in [0, 0.05) is 61.8 Å². The van der Waals surface area contributed by atoms with Gasteiger partial charge in [0.05, 0.1) is 12.8 Å². The molecule has 31 heteroatoms. The van der Waals surface area contributed by atoms with Crippen LogP contribution in [0.4, 0.5) is 0 Å². The molecule has 526 valence electrons. The standard InChI is InChI=1S/C67H87N15O16/c1-35(2)54-55(63(95)75-45(56(70)88)31-39-34-71-42-16-8-7-15-41(39)42)80-66(98)67(54)25-12-28-82(67)65(97)48(30-38-19-21-40(83)22-20-38)79-60(92)46(29-37-13-5-4-6-14-37)76-59(91)43(17-9-10-26-68)74-61(93)47(32-51(69)84)77-62(94)50-18-11-27-81(50)64(96)49(33-53(86)87)78-57(89)36(3)72-58(90)44-23-24-52(85)73-44/h4-8,13-16,19-22,34-36,43-50,54-55,71,83H,9-12,17-18,23-33,68H2,1-3H3,(H2,69,84)(H2,70,88)(H,72,90)(H,73,85)(H,74,93)(H,75,95)(H,76,91)(H,77,94)(H,78,89)(H,79,92)(H,80,98)(H,86,87)/t36-,43-,44-,45-,46-,47-,48-,49-,50-,54?,55?,67?/m0/s1. The molecule has 98 heavy (non-hydrogen) atoms. The summed E-state index contributed by atoms with van der Waals surface area (Å²) >= 11 is 0. The topological polar surface area (TPSA) is 488 Å². The number of hydrogen-bond acceptors (Lipinski definition) is 16. The lowest BCUT2D eigenvalue weighted by molar-refractivity contribution is -0.148. The van der Waals surface area contributed by atoms with Crippen molar-refractivity contribution in [3.8, 4) is 5.75 Å². The zero-order valence-corrected chi connectivity index (χ0v) is 54.8. The second-order valence-corrected chi connectivity index (χ2v) is 25.8. The number of para-hydroxylation sites is 1. The number of aromatic hydroxyl groups is 1. The Labute approximate surface area is 564 Å². The summed E-state index contributed by atoms with van der Waals surface area (Å²) < 4.78 is 0. The first-order valence-corrected chi connectivity index (χ1v) is 32.9. The molecule has 4 aromatic rings. The Morgan fingerprint density at radius 2 is 1.26 bits per heavy atom. The third-order valence-electron chi connectivity index (χ3n) is 18.5. The van der Waals surface area contributed by atoms with Gasteiger partial charge < -0.3 is 90.0 Å². The van der Waals surface area contributed by atoms with Crippen LogP contribution >= 0.6 is 0 Å². The second kappa shape index (κ2) is 33.0. The van der Waals surface area contributed by atoms with Gasteiger partial charge in [0.2, 0.25) is 76.8 Å². The number of benzene rings is 3. The molecule has 4 aliphatic heterocycles. The maximum atomic E-state index is 15.6. The monoisotopic (exact) mass is 1360 g/mol. The van der Waals surface area contributed by atoms with E-state index in [0.717, 1.165) is 15.8 Å². The Hall–Kier alpha value is -10.5. The second-order valence-electron chi connectivity index (χ2n) is 25.8. The molecular weight excluding hydrogens is 1270 g/mol. The molecule has 1 aromatic heterocycles. The van der Waals surface area contributed by atoms with E-state index >= 15 is 9.59 Å². The van der Waals surface area contributed by atoms with E-state index in [1.54, 1.807) is 50.4 Å². The number of unbranched alkanes of at least 4 members (excludes halogenated alkanes) is 1. The van der Waals surface area contributed by atoms with E-state index in [2.05, 4.69) is 52.8 Å². The fourth-order valence-corrected chi connectivity index (χ4v) is 13.6. The van der Waals surface area contributed by atoms with Crippen LogP contribution in [0.1, 0.15) is 108 Å². The number of primary amides is 2. The molecule has 4 aliphatic rings. The van der Waals surface area contributed by atoms with Gasteiger partial charge in [-0.15, -0.1) is 0 Å². The minimum absolute atomic E-state index is 0.0134. The molecule has 0 saturated carbocycles. The largest absolute Gasteiger partial charge is 0.508 e. The van der Waals surface area contributed by atoms with Crippen LogP contribution in [0.2, 0.25) is 0 Å². The van der Waals surface area contributed by atoms with Gasteiger partial charge in [-0.25, -0.2) is 0 Å². The lowest BCUT2D eigenvalue weighted by Crippen LogP contribution is -2.63. The van der Waals surface area contributed by atoms with Crippen molar-refractivity contribution in [2.45, 2.75) is 177 Å². The van der Waals surface area contributed by atoms with E-state index in [9.17, 15) is 67.7 Å². The Morgan fingerprint density at radius 1 is 0.622 bits per heavy atom. The number of likely N-dealkylation sites (tertiary alicyclic amines) is 2. The number of phenols is 1. The quantitative estimate of drug-likeness (QED) is 0.0228. The first kappa shape index (κ1) is 73.4. The number of H-pyrrole nitrogens is 1. The first-order chi connectivity index (χ1) is 46.7. The zero-order chi connectivity index (χ0) is 71.1. The van der Waals surface area contributed by atoms with Gasteiger partial charge in [-0.2, -0.15) is 0 Å². The van der Waals surface area contributed by atoms with Gasteiger partial charge in [-0.1, -0.05) is 74.5 Å². The summed E-state index contributed by atoms with van der Waals surface area (Å²) in [6.07, 6.45) is 0.882. The van der Waals surface area contributed by atoms with E-state index in [4.69, 9.17) is 17.2 Å². The van der Waals surface area contributed by atoms with Crippen LogP contribution in [0.25, 0.3) is 10.9 Å². The average molecular weight is 1360 g/mol. The van der Waals surface area contributed by atoms with Crippen LogP contribution in [0.5, 0.6) is 5.75 Å². The molecule has 18 N–H and O–H groups in total. The summed E-state index contributed by atoms with van der Waals surface area (Å²) in [4.78, 5) is 199. The van der Waals surface area contributed by atoms with Crippen LogP contribution in [0.15, 0.2) is 85.1 Å². The number of amides is 13. The smallest absolute Gasteiger partial charge is 0.305 e. The third kappa shape index (κ3) is 18.0. The fourth-order valence-electron chi connectivity index (χ4n) is 13.6. The molecule has 12 atom stereocenters. The molecular formula is C67H87N15O16. The van der Waals surface area contributed by atoms with Gasteiger partial charge in [-0.05, 0) is 106 Å². The van der Waals surface area contributed by atoms with Crippen LogP contribution in [-0.2, 0) is 86.4 Å². The summed E-state index contributed by atoms with van der Waals surface area (Å²) in [5.41, 5.74) is 18.2. The Balaban J connectivity index is 1.01. The number of rotatable bonds is 32. The number of hydrogen-bond donors (Lipinski definition) is 15. The van der Waals surface area contributed by atoms with Crippen molar-refractivity contribution in [3.63, 3.8) is 0 Å². The van der Waals surface area contributed by atoms with E-state index < -0.39 is 167 Å². The Kier molecular flexibility index (Phi) is 24.7. The zero-order valence-electron chi connectivity index (χ0n) is 54.8. The number of phenolic OH excluding ortho intramolecular Hbond substituents is 1. The number of carboxylic acid groups (broad SMARTS) is 1. The van der Waals surface area contributed by atoms with Crippen molar-refractivity contribution in [2.24, 2.45) is 29.0 Å². The fraction of sp³-hybridized carbons (Fsp3) is 0.493. The summed E-state index contributed by atoms with van der Waals surface area (Å²) in [6.45, 7) is 4.95. The molecule has 1 spiro atoms. The van der Waals surface area contributed by atoms with Gasteiger partial charge >= 0.3 is 5.97 Å². The Bertz CT molecular complexity index is 3660. The van der Waals surface area contributed by atoms with Crippen molar-refractivity contribution in [3.05, 3.63) is 102 Å². The molecule has 0 bridgehead atoms. The van der Waals surface area contributed by atoms with Gasteiger partial charge in [0.1, 0.15) is 71.7 Å². The highest BCUT2D eigenvalue weighted by atomic mass is 16.4. The number of nitrogens with one attached hydrogen (secondary N) is 10. The van der Waals surface area contributed by atoms with E-state index in [1.165, 1.54) is 36.1 Å². The van der Waals surface area contributed by atoms with Crippen LogP contribution in [0.3, 0.4) is 0 Å². The molecule has 3 aromatic carbocycles. The normalized spacial score (nSPS) is 20.9. The van der Waals surface area contributed by atoms with Crippen molar-refractivity contribution in [1.29, 1.82) is 0 Å². The SMILES string of the molecule is CC(C)C1C(C(=O)N[C@@H](Cc2c[nH]c3ccccc23)C(N)=O)NC(=O)C12CCCN2C(=O)[C@H](Cc1ccc(O)cc1)NC(=O)[C@H](Cc1ccccc1)NC(=O)[C@H](CCCCN)NC(=O)[C@H](CC(N)=O)NC(=O)[C@@H]1CCCN1C(=O)[C@H](CC(=O)O)NC(=O)[C@H](C)NC(=O)[C@@H]1CCC(=O)N1. The van der Waals surface area contributed by atoms with Gasteiger partial charge in [0.15, 0.2) is 0 Å².